The van der Waals surface area contributed by atoms with Gasteiger partial charge in [0.15, 0.2) is 0 Å². The van der Waals surface area contributed by atoms with E-state index in [4.69, 9.17) is 23.2 Å². The van der Waals surface area contributed by atoms with Crippen LogP contribution < -0.4 is 10.6 Å². The van der Waals surface area contributed by atoms with Crippen LogP contribution in [0.5, 0.6) is 0 Å². The van der Waals surface area contributed by atoms with Gasteiger partial charge in [-0.15, -0.1) is 5.10 Å². The SMILES string of the molecule is CCN1CCC(CCn2cc(CNc3cc(Cl)c4ncc(C#N)c(Nc5ccc(F)c(Cl)c5)c4c3)nn2)CC1. The Labute approximate surface area is 236 Å². The number of aromatic nitrogens is 4. The van der Waals surface area contributed by atoms with Crippen molar-refractivity contribution >= 4 is 51.2 Å². The number of pyridine rings is 1. The number of benzene rings is 2. The molecule has 0 unspecified atom stereocenters. The number of hydrogen-bond acceptors (Lipinski definition) is 7. The second-order valence-corrected chi connectivity index (χ2v) is 10.6. The summed E-state index contributed by atoms with van der Waals surface area (Å²) in [5.74, 6) is 0.213. The fraction of sp³-hybridized carbons (Fsp3) is 0.357. The lowest BCUT2D eigenvalue weighted by molar-refractivity contribution is 0.182. The monoisotopic (exact) mass is 566 g/mol. The molecule has 39 heavy (non-hydrogen) atoms. The van der Waals surface area contributed by atoms with E-state index in [1.165, 1.54) is 44.3 Å². The minimum atomic E-state index is -0.522. The second-order valence-electron chi connectivity index (χ2n) is 9.76. The van der Waals surface area contributed by atoms with E-state index in [1.807, 2.05) is 16.9 Å². The van der Waals surface area contributed by atoms with Crippen molar-refractivity contribution in [1.82, 2.24) is 24.9 Å². The van der Waals surface area contributed by atoms with Gasteiger partial charge < -0.3 is 15.5 Å². The molecular formula is C28H29Cl2FN8. The molecule has 1 aliphatic rings. The van der Waals surface area contributed by atoms with E-state index in [0.717, 1.165) is 36.8 Å². The quantitative estimate of drug-likeness (QED) is 0.235. The van der Waals surface area contributed by atoms with Gasteiger partial charge in [-0.3, -0.25) is 9.67 Å². The molecule has 5 rings (SSSR count). The third kappa shape index (κ3) is 6.41. The Morgan fingerprint density at radius 3 is 2.67 bits per heavy atom. The molecule has 2 aromatic heterocycles. The number of aryl methyl sites for hydroxylation is 1. The summed E-state index contributed by atoms with van der Waals surface area (Å²) in [7, 11) is 0. The van der Waals surface area contributed by atoms with E-state index < -0.39 is 5.82 Å². The highest BCUT2D eigenvalue weighted by atomic mass is 35.5. The van der Waals surface area contributed by atoms with Gasteiger partial charge in [-0.05, 0) is 75.1 Å². The summed E-state index contributed by atoms with van der Waals surface area (Å²) in [6, 6.07) is 10.1. The van der Waals surface area contributed by atoms with Gasteiger partial charge in [0.05, 0.1) is 39.6 Å². The van der Waals surface area contributed by atoms with Crippen molar-refractivity contribution in [3.63, 3.8) is 0 Å². The number of hydrogen-bond donors (Lipinski definition) is 2. The Morgan fingerprint density at radius 1 is 1.13 bits per heavy atom. The molecule has 0 bridgehead atoms. The zero-order chi connectivity index (χ0) is 27.4. The van der Waals surface area contributed by atoms with Crippen molar-refractivity contribution < 1.29 is 4.39 Å². The van der Waals surface area contributed by atoms with Gasteiger partial charge in [0.25, 0.3) is 0 Å². The topological polar surface area (TPSA) is 94.7 Å². The second kappa shape index (κ2) is 12.2. The normalized spacial score (nSPS) is 14.4. The number of nitrogens with zero attached hydrogens (tertiary/aromatic N) is 6. The van der Waals surface area contributed by atoms with Gasteiger partial charge in [-0.1, -0.05) is 35.3 Å². The maximum absolute atomic E-state index is 13.7. The maximum Gasteiger partial charge on any atom is 0.141 e. The highest BCUT2D eigenvalue weighted by Crippen LogP contribution is 2.35. The highest BCUT2D eigenvalue weighted by molar-refractivity contribution is 6.36. The summed E-state index contributed by atoms with van der Waals surface area (Å²) < 4.78 is 15.6. The molecule has 0 spiro atoms. The molecule has 11 heteroatoms. The number of halogens is 3. The molecular weight excluding hydrogens is 538 g/mol. The van der Waals surface area contributed by atoms with E-state index in [0.29, 0.717) is 39.4 Å². The van der Waals surface area contributed by atoms with E-state index >= 15 is 0 Å². The first kappa shape index (κ1) is 27.1. The van der Waals surface area contributed by atoms with E-state index in [-0.39, 0.29) is 5.02 Å². The van der Waals surface area contributed by atoms with Crippen LogP contribution in [0.3, 0.4) is 0 Å². The lowest BCUT2D eigenvalue weighted by atomic mass is 9.93. The third-order valence-corrected chi connectivity index (χ3v) is 7.79. The number of likely N-dealkylation sites (tertiary alicyclic amines) is 1. The Bertz CT molecular complexity index is 1510. The number of rotatable bonds is 9. The minimum Gasteiger partial charge on any atom is -0.379 e. The predicted molar refractivity (Wildman–Crippen MR) is 153 cm³/mol. The number of nitrogens with one attached hydrogen (secondary N) is 2. The minimum absolute atomic E-state index is 0.0211. The van der Waals surface area contributed by atoms with Crippen LogP contribution in [0.4, 0.5) is 21.5 Å². The van der Waals surface area contributed by atoms with Crippen LogP contribution in [0, 0.1) is 23.1 Å². The molecule has 4 aromatic rings. The van der Waals surface area contributed by atoms with Gasteiger partial charge in [0, 0.05) is 29.5 Å². The molecule has 8 nitrogen and oxygen atoms in total. The average molecular weight is 568 g/mol. The zero-order valence-corrected chi connectivity index (χ0v) is 23.1. The van der Waals surface area contributed by atoms with Crippen LogP contribution in [0.25, 0.3) is 10.9 Å². The van der Waals surface area contributed by atoms with Crippen LogP contribution in [-0.4, -0.2) is 44.5 Å². The van der Waals surface area contributed by atoms with Crippen molar-refractivity contribution in [3.05, 3.63) is 69.8 Å². The van der Waals surface area contributed by atoms with Crippen LogP contribution in [-0.2, 0) is 13.1 Å². The van der Waals surface area contributed by atoms with Crippen molar-refractivity contribution in [2.24, 2.45) is 5.92 Å². The fourth-order valence-corrected chi connectivity index (χ4v) is 5.38. The number of anilines is 3. The van der Waals surface area contributed by atoms with Crippen LogP contribution in [0.15, 0.2) is 42.7 Å². The fourth-order valence-electron chi connectivity index (χ4n) is 4.93. The highest BCUT2D eigenvalue weighted by Gasteiger charge is 2.18. The summed E-state index contributed by atoms with van der Waals surface area (Å²) >= 11 is 12.5. The first-order chi connectivity index (χ1) is 18.9. The Balaban J connectivity index is 1.29. The van der Waals surface area contributed by atoms with Gasteiger partial charge in [0.2, 0.25) is 0 Å². The smallest absolute Gasteiger partial charge is 0.141 e. The molecule has 3 heterocycles. The van der Waals surface area contributed by atoms with Gasteiger partial charge in [-0.2, -0.15) is 5.26 Å². The van der Waals surface area contributed by atoms with E-state index in [9.17, 15) is 9.65 Å². The van der Waals surface area contributed by atoms with Gasteiger partial charge >= 0.3 is 0 Å². The van der Waals surface area contributed by atoms with Crippen LogP contribution in [0.2, 0.25) is 10.0 Å². The molecule has 0 atom stereocenters. The molecule has 2 aromatic carbocycles. The largest absolute Gasteiger partial charge is 0.379 e. The first-order valence-electron chi connectivity index (χ1n) is 13.0. The lowest BCUT2D eigenvalue weighted by Crippen LogP contribution is -2.33. The maximum atomic E-state index is 13.7. The standard InChI is InChI=1S/C28H29Cl2FN8/c1-2-38-8-5-18(6-9-38)7-10-39-17-22(36-37-39)16-33-21-11-23-27(35-20-3-4-26(31)24(29)12-20)19(14-32)15-34-28(23)25(30)13-21/h3-4,11-13,15,17-18,33H,2,5-10,16H2,1H3,(H,34,35). The number of fused-ring (bicyclic) bond motifs is 1. The Kier molecular flexibility index (Phi) is 8.46. The predicted octanol–water partition coefficient (Wildman–Crippen LogP) is 6.62. The first-order valence-corrected chi connectivity index (χ1v) is 13.8. The summed E-state index contributed by atoms with van der Waals surface area (Å²) in [6.07, 6.45) is 7.02. The van der Waals surface area contributed by atoms with E-state index in [1.54, 1.807) is 12.1 Å². The molecule has 0 radical (unpaired) electrons. The van der Waals surface area contributed by atoms with E-state index in [2.05, 4.69) is 43.8 Å². The molecule has 0 amide bonds. The Hall–Kier alpha value is -3.45. The molecule has 1 saturated heterocycles. The average Bonchev–Trinajstić information content (AvgIpc) is 3.41. The summed E-state index contributed by atoms with van der Waals surface area (Å²) in [4.78, 5) is 6.88. The number of nitriles is 1. The van der Waals surface area contributed by atoms with Crippen molar-refractivity contribution in [1.29, 1.82) is 5.26 Å². The lowest BCUT2D eigenvalue weighted by Gasteiger charge is -2.30. The Morgan fingerprint density at radius 2 is 1.92 bits per heavy atom. The number of piperidine rings is 1. The van der Waals surface area contributed by atoms with Gasteiger partial charge in [0.1, 0.15) is 17.6 Å². The van der Waals surface area contributed by atoms with Gasteiger partial charge in [-0.25, -0.2) is 4.39 Å². The third-order valence-electron chi connectivity index (χ3n) is 7.21. The van der Waals surface area contributed by atoms with Crippen LogP contribution >= 0.6 is 23.2 Å². The zero-order valence-electron chi connectivity index (χ0n) is 21.6. The summed E-state index contributed by atoms with van der Waals surface area (Å²) in [6.45, 7) is 7.03. The molecule has 202 valence electrons. The van der Waals surface area contributed by atoms with Crippen molar-refractivity contribution in [2.45, 2.75) is 39.3 Å². The molecule has 2 N–H and O–H groups in total. The van der Waals surface area contributed by atoms with Crippen molar-refractivity contribution in [3.8, 4) is 6.07 Å². The molecule has 1 aliphatic heterocycles. The molecule has 1 fully saturated rings. The summed E-state index contributed by atoms with van der Waals surface area (Å²) in [5.41, 5.74) is 3.45. The molecule has 0 saturated carbocycles. The molecule has 0 aliphatic carbocycles. The van der Waals surface area contributed by atoms with Crippen LogP contribution in [0.1, 0.15) is 37.4 Å². The summed E-state index contributed by atoms with van der Waals surface area (Å²) in [5, 5.41) is 25.9. The van der Waals surface area contributed by atoms with Crippen molar-refractivity contribution in [2.75, 3.05) is 30.3 Å².